The molecule has 1 aliphatic rings. The largest absolute Gasteiger partial charge is 0.489 e. The summed E-state index contributed by atoms with van der Waals surface area (Å²) in [5, 5.41) is 1.52. The fourth-order valence-corrected chi connectivity index (χ4v) is 4.14. The number of carbonyl (C=O) groups is 1. The van der Waals surface area contributed by atoms with Gasteiger partial charge in [-0.3, -0.25) is 9.69 Å². The lowest BCUT2D eigenvalue weighted by atomic mass is 10.2. The number of benzene rings is 2. The third kappa shape index (κ3) is 5.10. The number of ether oxygens (including phenoxy) is 1. The molecule has 156 valence electrons. The van der Waals surface area contributed by atoms with Crippen LogP contribution in [0.5, 0.6) is 5.75 Å². The van der Waals surface area contributed by atoms with E-state index in [4.69, 9.17) is 27.9 Å². The fourth-order valence-electron chi connectivity index (χ4n) is 2.80. The molecule has 0 unspecified atom stereocenters. The Labute approximate surface area is 194 Å². The van der Waals surface area contributed by atoms with E-state index in [-0.39, 0.29) is 5.91 Å². The monoisotopic (exact) mass is 469 g/mol. The van der Waals surface area contributed by atoms with Gasteiger partial charge < -0.3 is 4.74 Å². The summed E-state index contributed by atoms with van der Waals surface area (Å²) in [4.78, 5) is 23.2. The van der Waals surface area contributed by atoms with Crippen molar-refractivity contribution in [3.63, 3.8) is 0 Å². The lowest BCUT2D eigenvalue weighted by Crippen LogP contribution is -2.23. The van der Waals surface area contributed by atoms with Crippen LogP contribution in [0.3, 0.4) is 0 Å². The Hall–Kier alpha value is -2.80. The summed E-state index contributed by atoms with van der Waals surface area (Å²) >= 11 is 13.5. The smallest absolute Gasteiger partial charge is 0.266 e. The average Bonchev–Trinajstić information content (AvgIpc) is 3.03. The summed E-state index contributed by atoms with van der Waals surface area (Å²) in [5.74, 6) is 0.598. The Morgan fingerprint density at radius 1 is 1.10 bits per heavy atom. The van der Waals surface area contributed by atoms with Crippen LogP contribution >= 0.6 is 35.0 Å². The van der Waals surface area contributed by atoms with Crippen LogP contribution < -0.4 is 4.74 Å². The molecule has 31 heavy (non-hydrogen) atoms. The highest BCUT2D eigenvalue weighted by Crippen LogP contribution is 2.34. The van der Waals surface area contributed by atoms with E-state index in [0.29, 0.717) is 32.5 Å². The molecule has 0 bridgehead atoms. The Morgan fingerprint density at radius 2 is 1.87 bits per heavy atom. The molecule has 0 spiro atoms. The number of halogens is 2. The molecule has 1 aliphatic heterocycles. The predicted molar refractivity (Wildman–Crippen MR) is 127 cm³/mol. The van der Waals surface area contributed by atoms with Crippen molar-refractivity contribution in [2.45, 2.75) is 6.61 Å². The molecule has 0 atom stereocenters. The van der Waals surface area contributed by atoms with Gasteiger partial charge in [-0.05, 0) is 53.7 Å². The van der Waals surface area contributed by atoms with Crippen molar-refractivity contribution >= 4 is 57.8 Å². The molecule has 0 aliphatic carbocycles. The number of likely N-dealkylation sites (N-methyl/N-ethyl adjacent to an activating group) is 1. The van der Waals surface area contributed by atoms with Crippen molar-refractivity contribution in [2.75, 3.05) is 7.05 Å². The average molecular weight is 470 g/mol. The molecule has 1 fully saturated rings. The zero-order valence-corrected chi connectivity index (χ0v) is 18.8. The molecular formula is C23H17Cl2N3O2S. The topological polar surface area (TPSA) is 54.8 Å². The second-order valence-corrected chi connectivity index (χ2v) is 8.41. The molecule has 0 N–H and O–H groups in total. The number of nitrogens with zero attached hydrogens (tertiary/aromatic N) is 3. The van der Waals surface area contributed by atoms with Gasteiger partial charge in [0.1, 0.15) is 18.0 Å². The van der Waals surface area contributed by atoms with Crippen LogP contribution in [0, 0.1) is 0 Å². The summed E-state index contributed by atoms with van der Waals surface area (Å²) < 4.78 is 5.81. The highest BCUT2D eigenvalue weighted by molar-refractivity contribution is 8.18. The van der Waals surface area contributed by atoms with Gasteiger partial charge >= 0.3 is 0 Å². The van der Waals surface area contributed by atoms with Gasteiger partial charge in [-0.25, -0.2) is 9.98 Å². The number of rotatable bonds is 5. The number of hydrogen-bond donors (Lipinski definition) is 0. The van der Waals surface area contributed by atoms with Crippen molar-refractivity contribution < 1.29 is 9.53 Å². The maximum Gasteiger partial charge on any atom is 0.266 e. The van der Waals surface area contributed by atoms with Gasteiger partial charge in [0, 0.05) is 23.8 Å². The summed E-state index contributed by atoms with van der Waals surface area (Å²) in [6.45, 7) is 0.385. The minimum Gasteiger partial charge on any atom is -0.489 e. The number of aromatic nitrogens is 1. The number of hydrogen-bond acceptors (Lipinski definition) is 5. The minimum atomic E-state index is -0.122. The first-order valence-electron chi connectivity index (χ1n) is 9.34. The molecule has 1 amide bonds. The molecule has 0 radical (unpaired) electrons. The Bertz CT molecular complexity index is 1180. The van der Waals surface area contributed by atoms with E-state index in [2.05, 4.69) is 9.98 Å². The van der Waals surface area contributed by atoms with Crippen LogP contribution in [-0.2, 0) is 11.4 Å². The third-order valence-electron chi connectivity index (χ3n) is 4.49. The maximum atomic E-state index is 12.6. The van der Waals surface area contributed by atoms with Crippen LogP contribution in [0.15, 0.2) is 76.8 Å². The van der Waals surface area contributed by atoms with Crippen LogP contribution in [0.1, 0.15) is 11.1 Å². The lowest BCUT2D eigenvalue weighted by molar-refractivity contribution is -0.121. The number of pyridine rings is 1. The standard InChI is InChI=1S/C23H17Cl2N3O2S/c1-28-22(29)20(31-23(28)27-19-7-4-12-26-21(19)25)13-15-8-10-17(11-9-15)30-14-16-5-2-3-6-18(16)24/h2-13H,14H2,1H3/b20-13-,27-23?. The first-order valence-corrected chi connectivity index (χ1v) is 10.9. The van der Waals surface area contributed by atoms with Crippen molar-refractivity contribution in [3.8, 4) is 5.75 Å². The number of carbonyl (C=O) groups excluding carboxylic acids is 1. The molecule has 2 heterocycles. The first kappa shape index (κ1) is 21.4. The molecule has 1 saturated heterocycles. The second kappa shape index (κ2) is 9.56. The van der Waals surface area contributed by atoms with Gasteiger partial charge in [-0.1, -0.05) is 53.5 Å². The van der Waals surface area contributed by atoms with E-state index in [9.17, 15) is 4.79 Å². The molecule has 2 aromatic carbocycles. The van der Waals surface area contributed by atoms with E-state index >= 15 is 0 Å². The van der Waals surface area contributed by atoms with Crippen molar-refractivity contribution in [2.24, 2.45) is 4.99 Å². The number of amidine groups is 1. The third-order valence-corrected chi connectivity index (χ3v) is 6.21. The maximum absolute atomic E-state index is 12.6. The summed E-state index contributed by atoms with van der Waals surface area (Å²) in [6.07, 6.45) is 3.42. The van der Waals surface area contributed by atoms with Crippen molar-refractivity contribution in [1.29, 1.82) is 0 Å². The van der Waals surface area contributed by atoms with Gasteiger partial charge in [-0.2, -0.15) is 0 Å². The minimum absolute atomic E-state index is 0.122. The zero-order valence-electron chi connectivity index (χ0n) is 16.5. The van der Waals surface area contributed by atoms with Crippen LogP contribution in [0.2, 0.25) is 10.2 Å². The predicted octanol–water partition coefficient (Wildman–Crippen LogP) is 6.20. The van der Waals surface area contributed by atoms with E-state index < -0.39 is 0 Å². The van der Waals surface area contributed by atoms with Crippen molar-refractivity contribution in [1.82, 2.24) is 9.88 Å². The molecular weight excluding hydrogens is 453 g/mol. The second-order valence-electron chi connectivity index (χ2n) is 6.63. The van der Waals surface area contributed by atoms with Crippen LogP contribution in [0.25, 0.3) is 6.08 Å². The molecule has 3 aromatic rings. The quantitative estimate of drug-likeness (QED) is 0.329. The van der Waals surface area contributed by atoms with Crippen LogP contribution in [-0.4, -0.2) is 28.0 Å². The first-order chi connectivity index (χ1) is 15.0. The summed E-state index contributed by atoms with van der Waals surface area (Å²) in [5.41, 5.74) is 2.33. The highest BCUT2D eigenvalue weighted by Gasteiger charge is 2.30. The van der Waals surface area contributed by atoms with Gasteiger partial charge in [0.2, 0.25) is 0 Å². The highest BCUT2D eigenvalue weighted by atomic mass is 35.5. The number of thioether (sulfide) groups is 1. The number of aliphatic imine (C=N–C) groups is 1. The van der Waals surface area contributed by atoms with Crippen molar-refractivity contribution in [3.05, 3.63) is 93.1 Å². The van der Waals surface area contributed by atoms with Gasteiger partial charge in [0.15, 0.2) is 10.3 Å². The molecule has 8 heteroatoms. The zero-order chi connectivity index (χ0) is 21.8. The van der Waals surface area contributed by atoms with Gasteiger partial charge in [0.05, 0.1) is 4.91 Å². The molecule has 5 nitrogen and oxygen atoms in total. The SMILES string of the molecule is CN1C(=O)/C(=C/c2ccc(OCc3ccccc3Cl)cc2)SC1=Nc1cccnc1Cl. The van der Waals surface area contributed by atoms with E-state index in [0.717, 1.165) is 16.9 Å². The fraction of sp³-hybridized carbons (Fsp3) is 0.0870. The number of amides is 1. The van der Waals surface area contributed by atoms with Gasteiger partial charge in [0.25, 0.3) is 5.91 Å². The Kier molecular flexibility index (Phi) is 6.61. The Morgan fingerprint density at radius 3 is 2.61 bits per heavy atom. The van der Waals surface area contributed by atoms with E-state index in [1.54, 1.807) is 25.4 Å². The molecule has 1 aromatic heterocycles. The molecule has 0 saturated carbocycles. The lowest BCUT2D eigenvalue weighted by Gasteiger charge is -2.08. The van der Waals surface area contributed by atoms with E-state index in [1.807, 2.05) is 54.6 Å². The van der Waals surface area contributed by atoms with Gasteiger partial charge in [-0.15, -0.1) is 0 Å². The van der Waals surface area contributed by atoms with E-state index in [1.165, 1.54) is 16.7 Å². The summed E-state index contributed by atoms with van der Waals surface area (Å²) in [7, 11) is 1.69. The van der Waals surface area contributed by atoms with Crippen LogP contribution in [0.4, 0.5) is 5.69 Å². The summed E-state index contributed by atoms with van der Waals surface area (Å²) in [6, 6.07) is 18.6. The normalized spacial score (nSPS) is 16.4. The molecule has 4 rings (SSSR count). The Balaban J connectivity index is 1.46.